The van der Waals surface area contributed by atoms with E-state index in [9.17, 15) is 14.4 Å². The van der Waals surface area contributed by atoms with Gasteiger partial charge in [0.05, 0.1) is 5.56 Å². The number of rotatable bonds is 6. The lowest BCUT2D eigenvalue weighted by atomic mass is 9.98. The van der Waals surface area contributed by atoms with E-state index < -0.39 is 5.97 Å². The number of hydrogen-bond acceptors (Lipinski definition) is 6. The molecule has 1 aliphatic heterocycles. The molecule has 0 bridgehead atoms. The highest BCUT2D eigenvalue weighted by molar-refractivity contribution is 6.14. The molecule has 1 fully saturated rings. The number of piperazine rings is 1. The summed E-state index contributed by atoms with van der Waals surface area (Å²) in [6.07, 6.45) is 1.74. The van der Waals surface area contributed by atoms with Gasteiger partial charge in [0.1, 0.15) is 5.82 Å². The molecule has 0 atom stereocenters. The largest absolute Gasteiger partial charge is 0.452 e. The van der Waals surface area contributed by atoms with E-state index in [1.165, 1.54) is 6.07 Å². The number of carbonyl (C=O) groups excluding carboxylic acids is 3. The first kappa shape index (κ1) is 21.2. The van der Waals surface area contributed by atoms with E-state index in [0.29, 0.717) is 31.7 Å². The number of ether oxygens (including phenoxy) is 1. The second kappa shape index (κ2) is 9.87. The Morgan fingerprint density at radius 3 is 2.12 bits per heavy atom. The molecule has 1 saturated heterocycles. The van der Waals surface area contributed by atoms with Crippen molar-refractivity contribution in [1.82, 2.24) is 9.88 Å². The minimum absolute atomic E-state index is 0.147. The lowest BCUT2D eigenvalue weighted by molar-refractivity contribution is -0.134. The Bertz CT molecular complexity index is 1090. The zero-order valence-corrected chi connectivity index (χ0v) is 17.5. The van der Waals surface area contributed by atoms with Crippen molar-refractivity contribution in [2.24, 2.45) is 0 Å². The van der Waals surface area contributed by atoms with Crippen molar-refractivity contribution in [3.8, 4) is 0 Å². The highest BCUT2D eigenvalue weighted by Crippen LogP contribution is 2.16. The number of ketones is 1. The molecule has 162 valence electrons. The topological polar surface area (TPSA) is 79.8 Å². The first-order valence-corrected chi connectivity index (χ1v) is 10.4. The maximum Gasteiger partial charge on any atom is 0.339 e. The molecule has 0 radical (unpaired) electrons. The highest BCUT2D eigenvalue weighted by atomic mass is 16.5. The van der Waals surface area contributed by atoms with Gasteiger partial charge in [0.15, 0.2) is 12.4 Å². The molecule has 1 amide bonds. The molecule has 7 nitrogen and oxygen atoms in total. The van der Waals surface area contributed by atoms with Gasteiger partial charge in [-0.1, -0.05) is 54.6 Å². The molecule has 0 saturated carbocycles. The first-order valence-electron chi connectivity index (χ1n) is 10.4. The Kier molecular flexibility index (Phi) is 6.55. The summed E-state index contributed by atoms with van der Waals surface area (Å²) < 4.78 is 5.27. The highest BCUT2D eigenvalue weighted by Gasteiger charge is 2.24. The van der Waals surface area contributed by atoms with Crippen molar-refractivity contribution in [2.75, 3.05) is 37.7 Å². The number of aromatic nitrogens is 1. The molecule has 1 aromatic heterocycles. The zero-order valence-electron chi connectivity index (χ0n) is 17.5. The Morgan fingerprint density at radius 2 is 1.44 bits per heavy atom. The predicted molar refractivity (Wildman–Crippen MR) is 120 cm³/mol. The third-order valence-electron chi connectivity index (χ3n) is 5.36. The van der Waals surface area contributed by atoms with Crippen LogP contribution in [0.5, 0.6) is 0 Å². The Hall–Kier alpha value is -4.00. The maximum absolute atomic E-state index is 12.8. The van der Waals surface area contributed by atoms with Crippen molar-refractivity contribution < 1.29 is 19.1 Å². The second-order valence-corrected chi connectivity index (χ2v) is 7.37. The molecule has 0 unspecified atom stereocenters. The lowest BCUT2D eigenvalue weighted by Crippen LogP contribution is -2.50. The summed E-state index contributed by atoms with van der Waals surface area (Å²) in [5, 5.41) is 0. The van der Waals surface area contributed by atoms with Gasteiger partial charge in [0, 0.05) is 43.5 Å². The van der Waals surface area contributed by atoms with Crippen LogP contribution in [-0.2, 0) is 9.53 Å². The third-order valence-corrected chi connectivity index (χ3v) is 5.36. The van der Waals surface area contributed by atoms with Crippen LogP contribution in [0.2, 0.25) is 0 Å². The molecule has 0 N–H and O–H groups in total. The minimum atomic E-state index is -0.689. The molecule has 2 heterocycles. The van der Waals surface area contributed by atoms with E-state index in [4.69, 9.17) is 4.74 Å². The van der Waals surface area contributed by atoms with E-state index in [0.717, 1.165) is 5.82 Å². The molecule has 32 heavy (non-hydrogen) atoms. The Morgan fingerprint density at radius 1 is 0.781 bits per heavy atom. The summed E-state index contributed by atoms with van der Waals surface area (Å²) in [7, 11) is 0. The number of amides is 1. The minimum Gasteiger partial charge on any atom is -0.452 e. The number of nitrogens with zero attached hydrogens (tertiary/aromatic N) is 3. The standard InChI is InChI=1S/C25H23N3O4/c29-23(28-16-14-27(15-17-28)22-12-6-7-13-26-22)18-32-25(31)21-11-5-4-10-20(21)24(30)19-8-2-1-3-9-19/h1-13H,14-18H2. The summed E-state index contributed by atoms with van der Waals surface area (Å²) in [5.74, 6) is -0.336. The maximum atomic E-state index is 12.8. The molecule has 4 rings (SSSR count). The third kappa shape index (κ3) is 4.83. The summed E-state index contributed by atoms with van der Waals surface area (Å²) >= 11 is 0. The first-order chi connectivity index (χ1) is 15.6. The van der Waals surface area contributed by atoms with Crippen LogP contribution in [0.3, 0.4) is 0 Å². The average molecular weight is 429 g/mol. The number of hydrogen-bond donors (Lipinski definition) is 0. The van der Waals surface area contributed by atoms with Crippen molar-refractivity contribution in [2.45, 2.75) is 0 Å². The van der Waals surface area contributed by atoms with Crippen LogP contribution in [0.25, 0.3) is 0 Å². The molecular weight excluding hydrogens is 406 g/mol. The Labute approximate surface area is 186 Å². The van der Waals surface area contributed by atoms with Gasteiger partial charge in [0.2, 0.25) is 0 Å². The summed E-state index contributed by atoms with van der Waals surface area (Å²) in [6, 6.07) is 20.9. The zero-order chi connectivity index (χ0) is 22.3. The summed E-state index contributed by atoms with van der Waals surface area (Å²) in [6.45, 7) is 2.00. The number of pyridine rings is 1. The van der Waals surface area contributed by atoms with Gasteiger partial charge >= 0.3 is 5.97 Å². The SMILES string of the molecule is O=C(OCC(=O)N1CCN(c2ccccn2)CC1)c1ccccc1C(=O)c1ccccc1. The van der Waals surface area contributed by atoms with Gasteiger partial charge in [-0.05, 0) is 18.2 Å². The molecule has 0 aliphatic carbocycles. The van der Waals surface area contributed by atoms with Crippen LogP contribution in [0.15, 0.2) is 79.0 Å². The quantitative estimate of drug-likeness (QED) is 0.443. The monoisotopic (exact) mass is 429 g/mol. The molecular formula is C25H23N3O4. The van der Waals surface area contributed by atoms with Crippen LogP contribution in [0, 0.1) is 0 Å². The number of benzene rings is 2. The lowest BCUT2D eigenvalue weighted by Gasteiger charge is -2.35. The summed E-state index contributed by atoms with van der Waals surface area (Å²) in [4.78, 5) is 46.2. The summed E-state index contributed by atoms with van der Waals surface area (Å²) in [5.41, 5.74) is 0.879. The number of esters is 1. The van der Waals surface area contributed by atoms with Crippen molar-refractivity contribution >= 4 is 23.5 Å². The Balaban J connectivity index is 1.34. The van der Waals surface area contributed by atoms with E-state index in [1.54, 1.807) is 53.6 Å². The van der Waals surface area contributed by atoms with E-state index in [-0.39, 0.29) is 29.4 Å². The van der Waals surface area contributed by atoms with Gasteiger partial charge in [-0.2, -0.15) is 0 Å². The number of anilines is 1. The van der Waals surface area contributed by atoms with Crippen LogP contribution in [-0.4, -0.2) is 60.3 Å². The predicted octanol–water partition coefficient (Wildman–Crippen LogP) is 2.82. The van der Waals surface area contributed by atoms with Crippen LogP contribution >= 0.6 is 0 Å². The second-order valence-electron chi connectivity index (χ2n) is 7.37. The van der Waals surface area contributed by atoms with Crippen molar-refractivity contribution in [3.05, 3.63) is 95.7 Å². The molecule has 7 heteroatoms. The van der Waals surface area contributed by atoms with Gasteiger partial charge < -0.3 is 14.5 Å². The molecule has 0 spiro atoms. The van der Waals surface area contributed by atoms with Gasteiger partial charge in [0.25, 0.3) is 5.91 Å². The molecule has 2 aromatic carbocycles. The van der Waals surface area contributed by atoms with Crippen LogP contribution in [0.1, 0.15) is 26.3 Å². The van der Waals surface area contributed by atoms with Gasteiger partial charge in [-0.3, -0.25) is 9.59 Å². The molecule has 3 aromatic rings. The smallest absolute Gasteiger partial charge is 0.339 e. The van der Waals surface area contributed by atoms with Gasteiger partial charge in [-0.25, -0.2) is 9.78 Å². The normalized spacial score (nSPS) is 13.5. The van der Waals surface area contributed by atoms with Crippen molar-refractivity contribution in [3.63, 3.8) is 0 Å². The molecule has 1 aliphatic rings. The van der Waals surface area contributed by atoms with E-state index in [2.05, 4.69) is 9.88 Å². The fraction of sp³-hybridized carbons (Fsp3) is 0.200. The fourth-order valence-electron chi connectivity index (χ4n) is 3.63. The number of carbonyl (C=O) groups is 3. The fourth-order valence-corrected chi connectivity index (χ4v) is 3.63. The van der Waals surface area contributed by atoms with E-state index >= 15 is 0 Å². The average Bonchev–Trinajstić information content (AvgIpc) is 2.87. The van der Waals surface area contributed by atoms with Crippen LogP contribution in [0.4, 0.5) is 5.82 Å². The van der Waals surface area contributed by atoms with Crippen molar-refractivity contribution in [1.29, 1.82) is 0 Å². The van der Waals surface area contributed by atoms with E-state index in [1.807, 2.05) is 24.3 Å². The van der Waals surface area contributed by atoms with Crippen LogP contribution < -0.4 is 4.90 Å². The van der Waals surface area contributed by atoms with Gasteiger partial charge in [-0.15, -0.1) is 0 Å².